The Bertz CT molecular complexity index is 480. The number of hydrazine groups is 1. The third kappa shape index (κ3) is 3.91. The Morgan fingerprint density at radius 3 is 2.17 bits per heavy atom. The fourth-order valence-electron chi connectivity index (χ4n) is 2.38. The Hall–Kier alpha value is -2.32. The summed E-state index contributed by atoms with van der Waals surface area (Å²) in [5, 5.41) is 0.599. The van der Waals surface area contributed by atoms with Crippen molar-refractivity contribution in [2.75, 3.05) is 19.8 Å². The van der Waals surface area contributed by atoms with Gasteiger partial charge in [0.1, 0.15) is 0 Å². The number of nitrogens with zero attached hydrogens (tertiary/aromatic N) is 1. The molecule has 2 amide bonds. The van der Waals surface area contributed by atoms with Crippen molar-refractivity contribution in [2.45, 2.75) is 45.6 Å². The van der Waals surface area contributed by atoms with E-state index in [0.717, 1.165) is 0 Å². The molecule has 1 aliphatic carbocycles. The number of Topliss-reactive ketones (excluding diaryl/α,β-unsaturated/α-hetero) is 1. The summed E-state index contributed by atoms with van der Waals surface area (Å²) in [6.07, 6.45) is -1.47. The average molecular weight is 330 g/mol. The topological polar surface area (TPSA) is 111 Å². The molecule has 1 fully saturated rings. The normalized spacial score (nSPS) is 19.9. The van der Waals surface area contributed by atoms with Crippen LogP contribution in [0.3, 0.4) is 0 Å². The summed E-state index contributed by atoms with van der Waals surface area (Å²) in [6, 6.07) is 0. The smallest absolute Gasteiger partial charge is 0.430 e. The number of rotatable bonds is 5. The Balaban J connectivity index is 3.21. The first-order valence-electron chi connectivity index (χ1n) is 7.54. The highest BCUT2D eigenvalue weighted by atomic mass is 16.6. The van der Waals surface area contributed by atoms with E-state index in [1.807, 2.05) is 0 Å². The number of carbonyl (C=O) groups excluding carboxylic acids is 4. The number of hydrogen-bond acceptors (Lipinski definition) is 7. The second kappa shape index (κ2) is 8.35. The van der Waals surface area contributed by atoms with Crippen LogP contribution in [0.15, 0.2) is 0 Å². The molecule has 0 saturated heterocycles. The molecule has 1 atom stereocenters. The Morgan fingerprint density at radius 1 is 1.09 bits per heavy atom. The number of hydrogen-bond donors (Lipinski definition) is 1. The monoisotopic (exact) mass is 330 g/mol. The van der Waals surface area contributed by atoms with Gasteiger partial charge in [-0.1, -0.05) is 0 Å². The lowest BCUT2D eigenvalue weighted by molar-refractivity contribution is -0.162. The van der Waals surface area contributed by atoms with E-state index in [1.165, 1.54) is 0 Å². The zero-order valence-corrected chi connectivity index (χ0v) is 13.5. The van der Waals surface area contributed by atoms with Crippen molar-refractivity contribution in [1.29, 1.82) is 0 Å². The van der Waals surface area contributed by atoms with Gasteiger partial charge in [0.25, 0.3) is 0 Å². The van der Waals surface area contributed by atoms with Gasteiger partial charge in [-0.2, -0.15) is 5.01 Å². The second-order valence-electron chi connectivity index (χ2n) is 4.72. The van der Waals surface area contributed by atoms with Crippen LogP contribution in [-0.4, -0.2) is 54.3 Å². The molecule has 0 aliphatic heterocycles. The predicted molar refractivity (Wildman–Crippen MR) is 77.2 cm³/mol. The Morgan fingerprint density at radius 2 is 1.70 bits per heavy atom. The SMILES string of the molecule is CCOC(=O)NN(C(=O)OCC)C1(C(=O)OCC)CCCC1=O. The van der Waals surface area contributed by atoms with E-state index in [2.05, 4.69) is 5.43 Å². The number of esters is 1. The molecule has 9 heteroatoms. The molecule has 0 heterocycles. The lowest BCUT2D eigenvalue weighted by atomic mass is 9.96. The molecule has 0 aromatic heterocycles. The lowest BCUT2D eigenvalue weighted by Crippen LogP contribution is -2.66. The fraction of sp³-hybridized carbons (Fsp3) is 0.714. The fourth-order valence-corrected chi connectivity index (χ4v) is 2.38. The average Bonchev–Trinajstić information content (AvgIpc) is 2.88. The largest absolute Gasteiger partial charge is 0.464 e. The highest BCUT2D eigenvalue weighted by Crippen LogP contribution is 2.33. The first kappa shape index (κ1) is 18.7. The van der Waals surface area contributed by atoms with Crippen LogP contribution in [0.1, 0.15) is 40.0 Å². The van der Waals surface area contributed by atoms with Crippen LogP contribution in [0.2, 0.25) is 0 Å². The van der Waals surface area contributed by atoms with E-state index in [4.69, 9.17) is 14.2 Å². The minimum Gasteiger partial charge on any atom is -0.464 e. The van der Waals surface area contributed by atoms with Crippen molar-refractivity contribution >= 4 is 23.9 Å². The molecule has 0 bridgehead atoms. The summed E-state index contributed by atoms with van der Waals surface area (Å²) < 4.78 is 14.5. The Labute approximate surface area is 134 Å². The van der Waals surface area contributed by atoms with Crippen molar-refractivity contribution in [3.05, 3.63) is 0 Å². The highest BCUT2D eigenvalue weighted by molar-refractivity contribution is 6.12. The van der Waals surface area contributed by atoms with Crippen LogP contribution in [0.5, 0.6) is 0 Å². The summed E-state index contributed by atoms with van der Waals surface area (Å²) >= 11 is 0. The highest BCUT2D eigenvalue weighted by Gasteiger charge is 2.58. The molecule has 1 rings (SSSR count). The molecular formula is C14H22N2O7. The maximum absolute atomic E-state index is 12.4. The molecule has 9 nitrogen and oxygen atoms in total. The summed E-state index contributed by atoms with van der Waals surface area (Å²) in [7, 11) is 0. The molecule has 0 spiro atoms. The maximum Gasteiger partial charge on any atom is 0.430 e. The first-order chi connectivity index (χ1) is 10.9. The molecule has 23 heavy (non-hydrogen) atoms. The van der Waals surface area contributed by atoms with Crippen LogP contribution in [0.4, 0.5) is 9.59 Å². The predicted octanol–water partition coefficient (Wildman–Crippen LogP) is 1.16. The molecule has 0 aromatic carbocycles. The summed E-state index contributed by atoms with van der Waals surface area (Å²) in [5.41, 5.74) is 0.209. The summed E-state index contributed by atoms with van der Waals surface area (Å²) in [5.74, 6) is -1.41. The van der Waals surface area contributed by atoms with Gasteiger partial charge in [-0.3, -0.25) is 4.79 Å². The minimum atomic E-state index is -1.92. The van der Waals surface area contributed by atoms with Gasteiger partial charge in [0.2, 0.25) is 5.54 Å². The molecule has 1 saturated carbocycles. The van der Waals surface area contributed by atoms with Gasteiger partial charge >= 0.3 is 18.2 Å². The van der Waals surface area contributed by atoms with E-state index in [0.29, 0.717) is 11.4 Å². The Kier molecular flexibility index (Phi) is 6.80. The van der Waals surface area contributed by atoms with Gasteiger partial charge in [0, 0.05) is 6.42 Å². The summed E-state index contributed by atoms with van der Waals surface area (Å²) in [6.45, 7) is 4.82. The van der Waals surface area contributed by atoms with Gasteiger partial charge in [-0.05, 0) is 33.6 Å². The van der Waals surface area contributed by atoms with Crippen molar-refractivity contribution in [2.24, 2.45) is 0 Å². The standard InChI is InChI=1S/C14H22N2O7/c1-4-21-11(18)14(9-7-8-10(14)17)16(13(20)23-6-3)15-12(19)22-5-2/h4-9H2,1-3H3,(H,15,19). The van der Waals surface area contributed by atoms with E-state index in [1.54, 1.807) is 20.8 Å². The first-order valence-corrected chi connectivity index (χ1v) is 7.54. The van der Waals surface area contributed by atoms with Crippen molar-refractivity contribution in [3.8, 4) is 0 Å². The number of nitrogens with one attached hydrogen (secondary N) is 1. The van der Waals surface area contributed by atoms with Crippen LogP contribution < -0.4 is 5.43 Å². The van der Waals surface area contributed by atoms with Crippen molar-refractivity contribution in [3.63, 3.8) is 0 Å². The number of carbonyl (C=O) groups is 4. The van der Waals surface area contributed by atoms with Gasteiger partial charge in [-0.15, -0.1) is 0 Å². The van der Waals surface area contributed by atoms with Crippen molar-refractivity contribution < 1.29 is 33.4 Å². The van der Waals surface area contributed by atoms with Crippen LogP contribution in [0.25, 0.3) is 0 Å². The third-order valence-electron chi connectivity index (χ3n) is 3.33. The van der Waals surface area contributed by atoms with E-state index < -0.39 is 29.5 Å². The van der Waals surface area contributed by atoms with Crippen LogP contribution in [0, 0.1) is 0 Å². The second-order valence-corrected chi connectivity index (χ2v) is 4.72. The van der Waals surface area contributed by atoms with Gasteiger partial charge < -0.3 is 14.2 Å². The number of ketones is 1. The molecule has 1 N–H and O–H groups in total. The third-order valence-corrected chi connectivity index (χ3v) is 3.33. The van der Waals surface area contributed by atoms with Gasteiger partial charge in [0.05, 0.1) is 19.8 Å². The van der Waals surface area contributed by atoms with Crippen LogP contribution in [-0.2, 0) is 23.8 Å². The molecule has 130 valence electrons. The number of amides is 2. The zero-order chi connectivity index (χ0) is 17.5. The molecule has 1 unspecified atom stereocenters. The lowest BCUT2D eigenvalue weighted by Gasteiger charge is -2.35. The molecule has 1 aliphatic rings. The zero-order valence-electron chi connectivity index (χ0n) is 13.5. The number of ether oxygens (including phenoxy) is 3. The maximum atomic E-state index is 12.4. The minimum absolute atomic E-state index is 0.00688. The van der Waals surface area contributed by atoms with E-state index in [9.17, 15) is 19.2 Å². The van der Waals surface area contributed by atoms with E-state index >= 15 is 0 Å². The summed E-state index contributed by atoms with van der Waals surface area (Å²) in [4.78, 5) is 48.6. The quantitative estimate of drug-likeness (QED) is 0.348. The molecular weight excluding hydrogens is 308 g/mol. The molecule has 0 radical (unpaired) electrons. The van der Waals surface area contributed by atoms with Crippen molar-refractivity contribution in [1.82, 2.24) is 10.4 Å². The van der Waals surface area contributed by atoms with Crippen LogP contribution >= 0.6 is 0 Å². The van der Waals surface area contributed by atoms with Gasteiger partial charge in [-0.25, -0.2) is 19.8 Å². The molecule has 0 aromatic rings. The van der Waals surface area contributed by atoms with E-state index in [-0.39, 0.29) is 32.7 Å². The van der Waals surface area contributed by atoms with Gasteiger partial charge in [0.15, 0.2) is 5.78 Å².